The first-order valence-corrected chi connectivity index (χ1v) is 9.20. The normalized spacial score (nSPS) is 18.5. The van der Waals surface area contributed by atoms with Crippen molar-refractivity contribution in [1.29, 1.82) is 0 Å². The lowest BCUT2D eigenvalue weighted by Crippen LogP contribution is -2.51. The van der Waals surface area contributed by atoms with Crippen molar-refractivity contribution in [3.63, 3.8) is 0 Å². The van der Waals surface area contributed by atoms with Gasteiger partial charge in [-0.05, 0) is 0 Å². The summed E-state index contributed by atoms with van der Waals surface area (Å²) in [5.41, 5.74) is -0.277. The minimum Gasteiger partial charge on any atom is -0.474 e. The first-order chi connectivity index (χ1) is 11.4. The molecular weight excluding hydrogens is 343 g/mol. The van der Waals surface area contributed by atoms with E-state index in [-0.39, 0.29) is 50.1 Å². The highest BCUT2D eigenvalue weighted by Crippen LogP contribution is 2.25. The third-order valence-corrected chi connectivity index (χ3v) is 5.89. The molecule has 0 atom stereocenters. The van der Waals surface area contributed by atoms with Crippen molar-refractivity contribution >= 4 is 15.9 Å². The van der Waals surface area contributed by atoms with Gasteiger partial charge in [-0.2, -0.15) is 13.8 Å². The lowest BCUT2D eigenvalue weighted by atomic mass is 10.3. The van der Waals surface area contributed by atoms with Gasteiger partial charge < -0.3 is 14.4 Å². The zero-order valence-electron chi connectivity index (χ0n) is 13.3. The number of fused-ring (bicyclic) bond motifs is 1. The number of halogens is 1. The van der Waals surface area contributed by atoms with Gasteiger partial charge in [-0.1, -0.05) is 0 Å². The molecule has 1 aromatic heterocycles. The highest BCUT2D eigenvalue weighted by molar-refractivity contribution is 7.89. The van der Waals surface area contributed by atoms with Crippen molar-refractivity contribution in [2.24, 2.45) is 0 Å². The van der Waals surface area contributed by atoms with E-state index < -0.39 is 21.7 Å². The Morgan fingerprint density at radius 1 is 1.29 bits per heavy atom. The van der Waals surface area contributed by atoms with Crippen molar-refractivity contribution in [1.82, 2.24) is 19.0 Å². The van der Waals surface area contributed by atoms with E-state index >= 15 is 0 Å². The second-order valence-corrected chi connectivity index (χ2v) is 7.63. The lowest BCUT2D eigenvalue weighted by Gasteiger charge is -2.33. The van der Waals surface area contributed by atoms with Gasteiger partial charge in [-0.15, -0.1) is 0 Å². The Balaban J connectivity index is 1.64. The van der Waals surface area contributed by atoms with E-state index in [2.05, 4.69) is 5.10 Å². The fourth-order valence-electron chi connectivity index (χ4n) is 2.72. The maximum absolute atomic E-state index is 14.2. The van der Waals surface area contributed by atoms with E-state index in [0.29, 0.717) is 13.2 Å². The molecule has 0 N–H and O–H groups in total. The Kier molecular flexibility index (Phi) is 4.74. The van der Waals surface area contributed by atoms with E-state index in [0.717, 1.165) is 0 Å². The Morgan fingerprint density at radius 2 is 2.00 bits per heavy atom. The van der Waals surface area contributed by atoms with Crippen LogP contribution in [0.25, 0.3) is 0 Å². The largest absolute Gasteiger partial charge is 0.474 e. The number of piperazine rings is 1. The minimum atomic E-state index is -3.41. The van der Waals surface area contributed by atoms with Crippen LogP contribution in [0.1, 0.15) is 10.5 Å². The molecule has 9 nitrogen and oxygen atoms in total. The number of aromatic nitrogens is 2. The summed E-state index contributed by atoms with van der Waals surface area (Å²) in [5.74, 6) is -1.42. The zero-order chi connectivity index (χ0) is 17.3. The van der Waals surface area contributed by atoms with Crippen molar-refractivity contribution in [2.45, 2.75) is 6.54 Å². The Bertz CT molecular complexity index is 727. The smallest absolute Gasteiger partial charge is 0.277 e. The molecule has 0 saturated carbocycles. The van der Waals surface area contributed by atoms with Gasteiger partial charge in [0.05, 0.1) is 18.9 Å². The molecule has 0 spiro atoms. The molecular formula is C13H19FN4O5S. The van der Waals surface area contributed by atoms with Gasteiger partial charge in [0.2, 0.25) is 21.7 Å². The molecule has 3 rings (SSSR count). The Hall–Kier alpha value is -1.72. The minimum absolute atomic E-state index is 0.0147. The number of hydrogen-bond acceptors (Lipinski definition) is 6. The zero-order valence-corrected chi connectivity index (χ0v) is 14.1. The third kappa shape index (κ3) is 3.10. The summed E-state index contributed by atoms with van der Waals surface area (Å²) in [6.45, 7) is 1.58. The van der Waals surface area contributed by atoms with Crippen molar-refractivity contribution in [3.05, 3.63) is 11.5 Å². The Morgan fingerprint density at radius 3 is 2.62 bits per heavy atom. The van der Waals surface area contributed by atoms with E-state index in [1.165, 1.54) is 21.0 Å². The van der Waals surface area contributed by atoms with Crippen LogP contribution in [-0.4, -0.2) is 85.6 Å². The fourth-order valence-corrected chi connectivity index (χ4v) is 4.07. The monoisotopic (exact) mass is 362 g/mol. The summed E-state index contributed by atoms with van der Waals surface area (Å²) in [4.78, 5) is 13.8. The molecule has 24 heavy (non-hydrogen) atoms. The molecule has 1 fully saturated rings. The number of rotatable bonds is 5. The van der Waals surface area contributed by atoms with Gasteiger partial charge in [-0.3, -0.25) is 4.79 Å². The van der Waals surface area contributed by atoms with Gasteiger partial charge in [0.25, 0.3) is 5.91 Å². The van der Waals surface area contributed by atoms with Crippen LogP contribution in [0, 0.1) is 5.82 Å². The number of amides is 1. The molecule has 134 valence electrons. The maximum Gasteiger partial charge on any atom is 0.277 e. The number of nitrogens with zero attached hydrogens (tertiary/aromatic N) is 4. The number of carbonyl (C=O) groups excluding carboxylic acids is 1. The molecule has 3 heterocycles. The number of ether oxygens (including phenoxy) is 2. The third-order valence-electron chi connectivity index (χ3n) is 4.06. The van der Waals surface area contributed by atoms with E-state index in [9.17, 15) is 17.6 Å². The average molecular weight is 362 g/mol. The van der Waals surface area contributed by atoms with Crippen molar-refractivity contribution < 1.29 is 27.1 Å². The lowest BCUT2D eigenvalue weighted by molar-refractivity contribution is 0.0685. The van der Waals surface area contributed by atoms with Gasteiger partial charge >= 0.3 is 0 Å². The molecule has 1 aromatic rings. The van der Waals surface area contributed by atoms with Crippen LogP contribution in [0.2, 0.25) is 0 Å². The number of sulfonamides is 1. The van der Waals surface area contributed by atoms with Crippen molar-refractivity contribution in [2.75, 3.05) is 52.3 Å². The van der Waals surface area contributed by atoms with Crippen LogP contribution in [0.4, 0.5) is 4.39 Å². The summed E-state index contributed by atoms with van der Waals surface area (Å²) >= 11 is 0. The van der Waals surface area contributed by atoms with Crippen molar-refractivity contribution in [3.8, 4) is 5.88 Å². The summed E-state index contributed by atoms with van der Waals surface area (Å²) in [7, 11) is -1.97. The standard InChI is InChI=1S/C13H19FN4O5S/c1-22-8-9-24(20,21)17-4-2-16(3-5-17)12(19)11-10(14)13-18(15-11)6-7-23-13/h2-9H2,1H3. The number of hydrogen-bond donors (Lipinski definition) is 0. The highest BCUT2D eigenvalue weighted by atomic mass is 32.2. The van der Waals surface area contributed by atoms with Gasteiger partial charge in [0.1, 0.15) is 6.61 Å². The first-order valence-electron chi connectivity index (χ1n) is 7.59. The summed E-state index contributed by atoms with van der Waals surface area (Å²) in [6, 6.07) is 0. The number of methoxy groups -OCH3 is 1. The maximum atomic E-state index is 14.2. The first kappa shape index (κ1) is 17.1. The second-order valence-electron chi connectivity index (χ2n) is 5.54. The van der Waals surface area contributed by atoms with Gasteiger partial charge in [0, 0.05) is 33.3 Å². The predicted octanol–water partition coefficient (Wildman–Crippen LogP) is -0.851. The summed E-state index contributed by atoms with van der Waals surface area (Å²) < 4.78 is 50.9. The van der Waals surface area contributed by atoms with Crippen LogP contribution in [-0.2, 0) is 21.3 Å². The summed E-state index contributed by atoms with van der Waals surface area (Å²) in [5, 5.41) is 3.95. The van der Waals surface area contributed by atoms with Crippen LogP contribution in [0.15, 0.2) is 0 Å². The predicted molar refractivity (Wildman–Crippen MR) is 80.8 cm³/mol. The summed E-state index contributed by atoms with van der Waals surface area (Å²) in [6.07, 6.45) is 0. The van der Waals surface area contributed by atoms with E-state index in [1.807, 2.05) is 0 Å². The van der Waals surface area contributed by atoms with E-state index in [4.69, 9.17) is 9.47 Å². The van der Waals surface area contributed by atoms with E-state index in [1.54, 1.807) is 0 Å². The molecule has 0 unspecified atom stereocenters. The van der Waals surface area contributed by atoms with Crippen LogP contribution in [0.3, 0.4) is 0 Å². The molecule has 0 aromatic carbocycles. The fraction of sp³-hybridized carbons (Fsp3) is 0.692. The van der Waals surface area contributed by atoms with Crippen LogP contribution < -0.4 is 4.74 Å². The molecule has 1 saturated heterocycles. The van der Waals surface area contributed by atoms with Crippen LogP contribution in [0.5, 0.6) is 5.88 Å². The molecule has 0 bridgehead atoms. The van der Waals surface area contributed by atoms with Gasteiger partial charge in [-0.25, -0.2) is 13.1 Å². The average Bonchev–Trinajstić information content (AvgIpc) is 3.16. The molecule has 2 aliphatic rings. The highest BCUT2D eigenvalue weighted by Gasteiger charge is 2.33. The quantitative estimate of drug-likeness (QED) is 0.677. The molecule has 0 aliphatic carbocycles. The second kappa shape index (κ2) is 6.65. The molecule has 1 amide bonds. The topological polar surface area (TPSA) is 94.0 Å². The number of carbonyl (C=O) groups is 1. The SMILES string of the molecule is COCCS(=O)(=O)N1CCN(C(=O)c2nn3c(c2F)OCC3)CC1. The molecule has 11 heteroatoms. The Labute approximate surface area is 139 Å². The van der Waals surface area contributed by atoms with Gasteiger partial charge in [0.15, 0.2) is 5.69 Å². The molecule has 2 aliphatic heterocycles. The molecule has 0 radical (unpaired) electrons. The van der Waals surface area contributed by atoms with Crippen LogP contribution >= 0.6 is 0 Å².